The fourth-order valence-electron chi connectivity index (χ4n) is 3.03. The number of esters is 1. The molecule has 1 saturated heterocycles. The molecular weight excluding hydrogens is 280 g/mol. The van der Waals surface area contributed by atoms with Crippen molar-refractivity contribution >= 4 is 22.8 Å². The molecule has 22 heavy (non-hydrogen) atoms. The summed E-state index contributed by atoms with van der Waals surface area (Å²) in [6, 6.07) is 9.14. The Morgan fingerprint density at radius 2 is 2.18 bits per heavy atom. The molecule has 0 saturated carbocycles. The summed E-state index contributed by atoms with van der Waals surface area (Å²) in [6.07, 6.45) is 2.66. The van der Waals surface area contributed by atoms with Crippen LogP contribution in [0.5, 0.6) is 0 Å². The predicted molar refractivity (Wildman–Crippen MR) is 82.0 cm³/mol. The maximum Gasteiger partial charge on any atom is 0.328 e. The summed E-state index contributed by atoms with van der Waals surface area (Å²) >= 11 is 0. The lowest BCUT2D eigenvalue weighted by Gasteiger charge is -2.29. The first-order valence-corrected chi connectivity index (χ1v) is 7.35. The van der Waals surface area contributed by atoms with Crippen LogP contribution in [0.2, 0.25) is 0 Å². The van der Waals surface area contributed by atoms with E-state index < -0.39 is 6.04 Å². The van der Waals surface area contributed by atoms with Crippen LogP contribution >= 0.6 is 0 Å². The molecule has 1 aliphatic rings. The van der Waals surface area contributed by atoms with E-state index in [0.717, 1.165) is 16.5 Å². The Balaban J connectivity index is 1.94. The van der Waals surface area contributed by atoms with Gasteiger partial charge in [-0.1, -0.05) is 18.2 Å². The van der Waals surface area contributed by atoms with Gasteiger partial charge in [0, 0.05) is 18.0 Å². The SMILES string of the molecule is COC(=O)C1CCC(=O)N1C(C)c1cnc2ccccc2c1. The van der Waals surface area contributed by atoms with Crippen molar-refractivity contribution in [1.29, 1.82) is 0 Å². The monoisotopic (exact) mass is 298 g/mol. The Bertz CT molecular complexity index is 729. The molecule has 114 valence electrons. The van der Waals surface area contributed by atoms with Crippen molar-refractivity contribution in [3.63, 3.8) is 0 Å². The first kappa shape index (κ1) is 14.5. The van der Waals surface area contributed by atoms with Gasteiger partial charge in [-0.2, -0.15) is 0 Å². The molecule has 5 heteroatoms. The number of likely N-dealkylation sites (tertiary alicyclic amines) is 1. The Kier molecular flexibility index (Phi) is 3.79. The fourth-order valence-corrected chi connectivity index (χ4v) is 3.03. The van der Waals surface area contributed by atoms with Crippen LogP contribution in [0.3, 0.4) is 0 Å². The van der Waals surface area contributed by atoms with Gasteiger partial charge in [0.2, 0.25) is 5.91 Å². The number of para-hydroxylation sites is 1. The summed E-state index contributed by atoms with van der Waals surface area (Å²) < 4.78 is 4.82. The molecule has 5 nitrogen and oxygen atoms in total. The summed E-state index contributed by atoms with van der Waals surface area (Å²) in [5.41, 5.74) is 1.83. The Morgan fingerprint density at radius 3 is 2.95 bits per heavy atom. The van der Waals surface area contributed by atoms with Crippen molar-refractivity contribution < 1.29 is 14.3 Å². The highest BCUT2D eigenvalue weighted by molar-refractivity contribution is 5.88. The third-order valence-corrected chi connectivity index (χ3v) is 4.24. The van der Waals surface area contributed by atoms with Crippen LogP contribution in [0.1, 0.15) is 31.4 Å². The zero-order valence-electron chi connectivity index (χ0n) is 12.7. The van der Waals surface area contributed by atoms with E-state index in [-0.39, 0.29) is 17.9 Å². The van der Waals surface area contributed by atoms with Crippen LogP contribution in [0, 0.1) is 0 Å². The number of aromatic nitrogens is 1. The minimum atomic E-state index is -0.501. The van der Waals surface area contributed by atoms with E-state index in [1.165, 1.54) is 7.11 Å². The molecule has 0 spiro atoms. The smallest absolute Gasteiger partial charge is 0.328 e. The normalized spacial score (nSPS) is 19.5. The largest absolute Gasteiger partial charge is 0.467 e. The van der Waals surface area contributed by atoms with E-state index in [9.17, 15) is 9.59 Å². The number of carbonyl (C=O) groups excluding carboxylic acids is 2. The molecule has 1 aromatic heterocycles. The second-order valence-electron chi connectivity index (χ2n) is 5.52. The van der Waals surface area contributed by atoms with Crippen LogP contribution in [0.25, 0.3) is 10.9 Å². The van der Waals surface area contributed by atoms with Gasteiger partial charge in [-0.05, 0) is 31.0 Å². The molecule has 1 aliphatic heterocycles. The van der Waals surface area contributed by atoms with Gasteiger partial charge in [0.15, 0.2) is 0 Å². The average molecular weight is 298 g/mol. The Labute approximate surface area is 128 Å². The molecule has 2 unspecified atom stereocenters. The molecule has 1 fully saturated rings. The highest BCUT2D eigenvalue weighted by atomic mass is 16.5. The molecule has 0 bridgehead atoms. The van der Waals surface area contributed by atoms with E-state index in [2.05, 4.69) is 4.98 Å². The van der Waals surface area contributed by atoms with Crippen LogP contribution in [0.15, 0.2) is 36.5 Å². The molecule has 0 radical (unpaired) electrons. The molecule has 0 aliphatic carbocycles. The van der Waals surface area contributed by atoms with Gasteiger partial charge in [0.25, 0.3) is 0 Å². The number of methoxy groups -OCH3 is 1. The molecule has 2 atom stereocenters. The number of amides is 1. The second-order valence-corrected chi connectivity index (χ2v) is 5.52. The lowest BCUT2D eigenvalue weighted by Crippen LogP contribution is -2.40. The van der Waals surface area contributed by atoms with Crippen molar-refractivity contribution in [2.45, 2.75) is 31.8 Å². The zero-order valence-corrected chi connectivity index (χ0v) is 12.7. The summed E-state index contributed by atoms with van der Waals surface area (Å²) in [5.74, 6) is -0.373. The van der Waals surface area contributed by atoms with Gasteiger partial charge in [-0.3, -0.25) is 9.78 Å². The van der Waals surface area contributed by atoms with Crippen molar-refractivity contribution in [2.24, 2.45) is 0 Å². The number of carbonyl (C=O) groups is 2. The van der Waals surface area contributed by atoms with E-state index in [4.69, 9.17) is 4.74 Å². The first-order chi connectivity index (χ1) is 10.6. The van der Waals surface area contributed by atoms with E-state index in [1.54, 1.807) is 11.1 Å². The molecule has 2 heterocycles. The van der Waals surface area contributed by atoms with Crippen molar-refractivity contribution in [2.75, 3.05) is 7.11 Å². The van der Waals surface area contributed by atoms with Crippen LogP contribution < -0.4 is 0 Å². The second kappa shape index (κ2) is 5.75. The van der Waals surface area contributed by atoms with Crippen molar-refractivity contribution in [1.82, 2.24) is 9.88 Å². The van der Waals surface area contributed by atoms with Gasteiger partial charge in [-0.15, -0.1) is 0 Å². The minimum Gasteiger partial charge on any atom is -0.467 e. The number of nitrogens with zero attached hydrogens (tertiary/aromatic N) is 2. The van der Waals surface area contributed by atoms with Gasteiger partial charge in [0.05, 0.1) is 18.7 Å². The Hall–Kier alpha value is -2.43. The molecule has 1 amide bonds. The number of benzene rings is 1. The number of rotatable bonds is 3. The minimum absolute atomic E-state index is 0.0175. The number of hydrogen-bond donors (Lipinski definition) is 0. The van der Waals surface area contributed by atoms with Crippen LogP contribution in [0.4, 0.5) is 0 Å². The third kappa shape index (κ3) is 2.43. The Morgan fingerprint density at radius 1 is 1.41 bits per heavy atom. The predicted octanol–water partition coefficient (Wildman–Crippen LogP) is 2.46. The summed E-state index contributed by atoms with van der Waals surface area (Å²) in [4.78, 5) is 30.1. The van der Waals surface area contributed by atoms with Crippen molar-refractivity contribution in [3.8, 4) is 0 Å². The molecular formula is C17H18N2O3. The molecule has 3 rings (SSSR count). The van der Waals surface area contributed by atoms with Crippen LogP contribution in [-0.2, 0) is 14.3 Å². The molecule has 1 aromatic carbocycles. The van der Waals surface area contributed by atoms with Gasteiger partial charge in [-0.25, -0.2) is 4.79 Å². The zero-order chi connectivity index (χ0) is 15.7. The topological polar surface area (TPSA) is 59.5 Å². The third-order valence-electron chi connectivity index (χ3n) is 4.24. The number of ether oxygens (including phenoxy) is 1. The maximum absolute atomic E-state index is 12.2. The fraction of sp³-hybridized carbons (Fsp3) is 0.353. The quantitative estimate of drug-likeness (QED) is 0.817. The lowest BCUT2D eigenvalue weighted by atomic mass is 10.1. The van der Waals surface area contributed by atoms with Crippen molar-refractivity contribution in [3.05, 3.63) is 42.1 Å². The molecule has 0 N–H and O–H groups in total. The highest BCUT2D eigenvalue weighted by Crippen LogP contribution is 2.31. The maximum atomic E-state index is 12.2. The summed E-state index contributed by atoms with van der Waals surface area (Å²) in [6.45, 7) is 1.92. The van der Waals surface area contributed by atoms with Gasteiger partial charge >= 0.3 is 5.97 Å². The first-order valence-electron chi connectivity index (χ1n) is 7.35. The number of hydrogen-bond acceptors (Lipinski definition) is 4. The number of fused-ring (bicyclic) bond motifs is 1. The van der Waals surface area contributed by atoms with Gasteiger partial charge < -0.3 is 9.64 Å². The number of pyridine rings is 1. The highest BCUT2D eigenvalue weighted by Gasteiger charge is 2.40. The summed E-state index contributed by atoms with van der Waals surface area (Å²) in [7, 11) is 1.35. The van der Waals surface area contributed by atoms with E-state index in [0.29, 0.717) is 12.8 Å². The van der Waals surface area contributed by atoms with Crippen LogP contribution in [-0.4, -0.2) is 34.9 Å². The summed E-state index contributed by atoms with van der Waals surface area (Å²) in [5, 5.41) is 1.02. The van der Waals surface area contributed by atoms with E-state index in [1.807, 2.05) is 37.3 Å². The van der Waals surface area contributed by atoms with E-state index >= 15 is 0 Å². The average Bonchev–Trinajstić information content (AvgIpc) is 2.94. The van der Waals surface area contributed by atoms with Gasteiger partial charge in [0.1, 0.15) is 6.04 Å². The lowest BCUT2D eigenvalue weighted by molar-refractivity contribution is -0.150. The standard InChI is InChI=1S/C17H18N2O3/c1-11(19-15(17(21)22-2)7-8-16(19)20)13-9-12-5-3-4-6-14(12)18-10-13/h3-6,9-11,15H,7-8H2,1-2H3. The molecule has 2 aromatic rings.